The molecule has 0 aliphatic carbocycles. The van der Waals surface area contributed by atoms with E-state index in [0.717, 1.165) is 35.5 Å². The Morgan fingerprint density at radius 3 is 2.33 bits per heavy atom. The zero-order valence-electron chi connectivity index (χ0n) is 18.6. The van der Waals surface area contributed by atoms with Crippen LogP contribution in [0.1, 0.15) is 58.8 Å². The smallest absolute Gasteiger partial charge is 0.233 e. The predicted molar refractivity (Wildman–Crippen MR) is 120 cm³/mol. The quantitative estimate of drug-likeness (QED) is 0.641. The summed E-state index contributed by atoms with van der Waals surface area (Å²) in [5.41, 5.74) is 0.971. The summed E-state index contributed by atoms with van der Waals surface area (Å²) in [6.45, 7) is 10.2. The molecule has 164 valence electrons. The molecule has 1 aliphatic heterocycles. The Hall–Kier alpha value is -2.06. The Morgan fingerprint density at radius 1 is 1.07 bits per heavy atom. The van der Waals surface area contributed by atoms with Crippen LogP contribution in [0, 0.1) is 0 Å². The number of rotatable bonds is 8. The lowest BCUT2D eigenvalue weighted by molar-refractivity contribution is -0.120. The third-order valence-electron chi connectivity index (χ3n) is 5.38. The molecule has 2 heterocycles. The average molecular weight is 432 g/mol. The lowest BCUT2D eigenvalue weighted by Gasteiger charge is -2.32. The van der Waals surface area contributed by atoms with Crippen molar-refractivity contribution in [2.24, 2.45) is 0 Å². The highest BCUT2D eigenvalue weighted by atomic mass is 32.2. The molecule has 3 rings (SSSR count). The minimum Gasteiger partial charge on any atom is -0.497 e. The molecule has 1 N–H and O–H groups in total. The van der Waals surface area contributed by atoms with Crippen molar-refractivity contribution in [3.05, 3.63) is 30.1 Å². The summed E-state index contributed by atoms with van der Waals surface area (Å²) in [6, 6.07) is 8.15. The van der Waals surface area contributed by atoms with Gasteiger partial charge in [-0.1, -0.05) is 18.2 Å². The van der Waals surface area contributed by atoms with Gasteiger partial charge in [0, 0.05) is 11.7 Å². The van der Waals surface area contributed by atoms with Crippen LogP contribution in [-0.2, 0) is 4.79 Å². The molecule has 2 aromatic rings. The summed E-state index contributed by atoms with van der Waals surface area (Å²) in [4.78, 5) is 14.9. The Balaban J connectivity index is 1.93. The predicted octanol–water partition coefficient (Wildman–Crippen LogP) is 3.83. The zero-order valence-corrected chi connectivity index (χ0v) is 19.4. The fraction of sp³-hybridized carbons (Fsp3) is 0.591. The van der Waals surface area contributed by atoms with Gasteiger partial charge in [0.15, 0.2) is 11.0 Å². The number of amides is 1. The van der Waals surface area contributed by atoms with Gasteiger partial charge in [-0.3, -0.25) is 14.3 Å². The van der Waals surface area contributed by atoms with E-state index >= 15 is 0 Å². The molecule has 1 saturated heterocycles. The third-order valence-corrected chi connectivity index (χ3v) is 6.43. The normalized spacial score (nSPS) is 17.0. The molecule has 7 nitrogen and oxygen atoms in total. The topological polar surface area (TPSA) is 72.3 Å². The summed E-state index contributed by atoms with van der Waals surface area (Å²) in [5.74, 6) is 1.71. The first kappa shape index (κ1) is 22.6. The van der Waals surface area contributed by atoms with Crippen molar-refractivity contribution in [1.29, 1.82) is 0 Å². The van der Waals surface area contributed by atoms with E-state index in [2.05, 4.69) is 31.9 Å². The van der Waals surface area contributed by atoms with E-state index < -0.39 is 0 Å². The summed E-state index contributed by atoms with van der Waals surface area (Å²) >= 11 is 1.44. The summed E-state index contributed by atoms with van der Waals surface area (Å²) in [7, 11) is 1.66. The molecule has 1 aromatic carbocycles. The fourth-order valence-corrected chi connectivity index (χ4v) is 4.57. The van der Waals surface area contributed by atoms with Crippen LogP contribution >= 0.6 is 11.8 Å². The highest BCUT2D eigenvalue weighted by Crippen LogP contribution is 2.31. The number of nitrogens with zero attached hydrogens (tertiary/aromatic N) is 4. The Labute approximate surface area is 183 Å². The first-order chi connectivity index (χ1) is 14.4. The van der Waals surface area contributed by atoms with E-state index in [9.17, 15) is 4.79 Å². The second-order valence-corrected chi connectivity index (χ2v) is 9.38. The molecule has 0 radical (unpaired) electrons. The number of nitrogens with one attached hydrogen (secondary N) is 1. The number of benzene rings is 1. The van der Waals surface area contributed by atoms with E-state index in [4.69, 9.17) is 4.74 Å². The van der Waals surface area contributed by atoms with Gasteiger partial charge in [-0.2, -0.15) is 0 Å². The number of ether oxygens (including phenoxy) is 1. The van der Waals surface area contributed by atoms with Crippen LogP contribution in [0.25, 0.3) is 5.69 Å². The summed E-state index contributed by atoms with van der Waals surface area (Å²) < 4.78 is 7.40. The SMILES string of the molecule is COc1ccc(-n2c(S[C@@H](C)C(=O)NC(C)C)nnc2[C@H](C)N2CCCCC2)cc1. The second kappa shape index (κ2) is 10.3. The van der Waals surface area contributed by atoms with Crippen LogP contribution in [0.5, 0.6) is 5.75 Å². The van der Waals surface area contributed by atoms with Crippen molar-refractivity contribution in [3.8, 4) is 11.4 Å². The lowest BCUT2D eigenvalue weighted by atomic mass is 10.1. The summed E-state index contributed by atoms with van der Waals surface area (Å²) in [5, 5.41) is 12.5. The van der Waals surface area contributed by atoms with Crippen molar-refractivity contribution in [3.63, 3.8) is 0 Å². The maximum atomic E-state index is 12.5. The minimum absolute atomic E-state index is 0.00455. The first-order valence-electron chi connectivity index (χ1n) is 10.7. The Kier molecular flexibility index (Phi) is 7.77. The van der Waals surface area contributed by atoms with E-state index in [1.807, 2.05) is 45.0 Å². The van der Waals surface area contributed by atoms with Crippen molar-refractivity contribution >= 4 is 17.7 Å². The van der Waals surface area contributed by atoms with Gasteiger partial charge in [-0.05, 0) is 77.9 Å². The van der Waals surface area contributed by atoms with Gasteiger partial charge in [0.1, 0.15) is 5.75 Å². The molecule has 0 bridgehead atoms. The number of methoxy groups -OCH3 is 1. The van der Waals surface area contributed by atoms with Crippen LogP contribution < -0.4 is 10.1 Å². The van der Waals surface area contributed by atoms with E-state index in [0.29, 0.717) is 0 Å². The molecule has 8 heteroatoms. The van der Waals surface area contributed by atoms with Crippen molar-refractivity contribution in [2.75, 3.05) is 20.2 Å². The molecule has 0 saturated carbocycles. The van der Waals surface area contributed by atoms with Gasteiger partial charge >= 0.3 is 0 Å². The average Bonchev–Trinajstić information content (AvgIpc) is 3.16. The van der Waals surface area contributed by atoms with Gasteiger partial charge in [-0.25, -0.2) is 0 Å². The number of thioether (sulfide) groups is 1. The largest absolute Gasteiger partial charge is 0.497 e. The number of carbonyl (C=O) groups excluding carboxylic acids is 1. The third kappa shape index (κ3) is 5.35. The van der Waals surface area contributed by atoms with Crippen LogP contribution in [-0.4, -0.2) is 57.1 Å². The van der Waals surface area contributed by atoms with E-state index in [-0.39, 0.29) is 23.2 Å². The van der Waals surface area contributed by atoms with Gasteiger partial charge in [-0.15, -0.1) is 10.2 Å². The Morgan fingerprint density at radius 2 is 1.73 bits per heavy atom. The molecule has 2 atom stereocenters. The molecule has 0 spiro atoms. The number of aromatic nitrogens is 3. The van der Waals surface area contributed by atoms with Gasteiger partial charge < -0.3 is 10.1 Å². The second-order valence-electron chi connectivity index (χ2n) is 8.07. The number of carbonyl (C=O) groups is 1. The number of likely N-dealkylation sites (tertiary alicyclic amines) is 1. The van der Waals surface area contributed by atoms with Crippen LogP contribution in [0.3, 0.4) is 0 Å². The molecular weight excluding hydrogens is 398 g/mol. The highest BCUT2D eigenvalue weighted by Gasteiger charge is 2.27. The number of hydrogen-bond acceptors (Lipinski definition) is 6. The first-order valence-corrected chi connectivity index (χ1v) is 11.6. The maximum Gasteiger partial charge on any atom is 0.233 e. The van der Waals surface area contributed by atoms with Crippen LogP contribution in [0.15, 0.2) is 29.4 Å². The lowest BCUT2D eigenvalue weighted by Crippen LogP contribution is -2.36. The van der Waals surface area contributed by atoms with Crippen molar-refractivity contribution in [1.82, 2.24) is 25.0 Å². The number of piperidine rings is 1. The Bertz CT molecular complexity index is 831. The van der Waals surface area contributed by atoms with Crippen LogP contribution in [0.4, 0.5) is 0 Å². The maximum absolute atomic E-state index is 12.5. The van der Waals surface area contributed by atoms with Crippen molar-refractivity contribution in [2.45, 2.75) is 69.4 Å². The molecule has 1 fully saturated rings. The molecule has 30 heavy (non-hydrogen) atoms. The standard InChI is InChI=1S/C22H33N5O2S/c1-15(2)23-21(28)17(4)30-22-25-24-20(16(3)26-13-7-6-8-14-26)27(22)18-9-11-19(29-5)12-10-18/h9-12,15-17H,6-8,13-14H2,1-5H3,(H,23,28)/t16-,17-/m0/s1. The molecular formula is C22H33N5O2S. The van der Waals surface area contributed by atoms with Crippen LogP contribution in [0.2, 0.25) is 0 Å². The summed E-state index contributed by atoms with van der Waals surface area (Å²) in [6.07, 6.45) is 3.72. The number of hydrogen-bond donors (Lipinski definition) is 1. The van der Waals surface area contributed by atoms with Gasteiger partial charge in [0.25, 0.3) is 0 Å². The fourth-order valence-electron chi connectivity index (χ4n) is 3.68. The molecule has 1 aromatic heterocycles. The van der Waals surface area contributed by atoms with E-state index in [1.54, 1.807) is 7.11 Å². The molecule has 0 unspecified atom stereocenters. The molecule has 1 amide bonds. The van der Waals surface area contributed by atoms with Gasteiger partial charge in [0.05, 0.1) is 18.4 Å². The molecule has 1 aliphatic rings. The highest BCUT2D eigenvalue weighted by molar-refractivity contribution is 8.00. The van der Waals surface area contributed by atoms with E-state index in [1.165, 1.54) is 31.0 Å². The van der Waals surface area contributed by atoms with Crippen molar-refractivity contribution < 1.29 is 9.53 Å². The monoisotopic (exact) mass is 431 g/mol. The van der Waals surface area contributed by atoms with Gasteiger partial charge in [0.2, 0.25) is 5.91 Å². The minimum atomic E-state index is -0.272. The zero-order chi connectivity index (χ0) is 21.7.